The Morgan fingerprint density at radius 3 is 2.62 bits per heavy atom. The van der Waals surface area contributed by atoms with E-state index in [1.807, 2.05) is 6.33 Å². The Morgan fingerprint density at radius 2 is 2.00 bits per heavy atom. The minimum atomic E-state index is 0.592. The van der Waals surface area contributed by atoms with Crippen LogP contribution in [0.15, 0.2) is 18.0 Å². The number of piperidine rings is 1. The highest BCUT2D eigenvalue weighted by Gasteiger charge is 2.28. The van der Waals surface area contributed by atoms with Crippen molar-refractivity contribution in [3.63, 3.8) is 0 Å². The van der Waals surface area contributed by atoms with Gasteiger partial charge in [-0.3, -0.25) is 0 Å². The molecule has 0 spiro atoms. The molecule has 1 aromatic rings. The minimum absolute atomic E-state index is 0.592. The van der Waals surface area contributed by atoms with Crippen molar-refractivity contribution in [3.05, 3.63) is 23.8 Å². The standard InChI is InChI=1S/C17H28N4/c1-13-5-4-6-14(2)16(13)11-21-9-7-15(8-10-21)17-19-18-12-20(17)3/h5,12,14-16H,4,6-11H2,1-3H3/t14-,16-/m1/s1. The van der Waals surface area contributed by atoms with Crippen molar-refractivity contribution in [2.45, 2.75) is 45.4 Å². The summed E-state index contributed by atoms with van der Waals surface area (Å²) >= 11 is 0. The molecule has 2 heterocycles. The molecular weight excluding hydrogens is 260 g/mol. The van der Waals surface area contributed by atoms with Crippen molar-refractivity contribution < 1.29 is 0 Å². The zero-order chi connectivity index (χ0) is 14.8. The van der Waals surface area contributed by atoms with Crippen molar-refractivity contribution in [2.75, 3.05) is 19.6 Å². The SMILES string of the molecule is CC1=CCC[C@@H](C)[C@@H]1CN1CCC(c2nncn2C)CC1. The molecule has 2 atom stereocenters. The Labute approximate surface area is 128 Å². The normalized spacial score (nSPS) is 28.6. The summed E-state index contributed by atoms with van der Waals surface area (Å²) in [5.41, 5.74) is 1.61. The first kappa shape index (κ1) is 14.8. The van der Waals surface area contributed by atoms with Crippen LogP contribution < -0.4 is 0 Å². The third kappa shape index (κ3) is 3.20. The van der Waals surface area contributed by atoms with E-state index in [0.29, 0.717) is 5.92 Å². The van der Waals surface area contributed by atoms with E-state index in [1.165, 1.54) is 45.3 Å². The van der Waals surface area contributed by atoms with Crippen LogP contribution in [0.3, 0.4) is 0 Å². The molecular formula is C17H28N4. The average Bonchev–Trinajstić information content (AvgIpc) is 2.90. The molecule has 2 aliphatic rings. The summed E-state index contributed by atoms with van der Waals surface area (Å²) in [7, 11) is 2.06. The second kappa shape index (κ2) is 6.30. The first-order chi connectivity index (χ1) is 10.1. The van der Waals surface area contributed by atoms with Crippen LogP contribution in [0.5, 0.6) is 0 Å². The van der Waals surface area contributed by atoms with Crippen LogP contribution in [0, 0.1) is 11.8 Å². The molecule has 21 heavy (non-hydrogen) atoms. The number of likely N-dealkylation sites (tertiary alicyclic amines) is 1. The van der Waals surface area contributed by atoms with Gasteiger partial charge in [0.1, 0.15) is 12.2 Å². The van der Waals surface area contributed by atoms with E-state index in [0.717, 1.165) is 17.7 Å². The van der Waals surface area contributed by atoms with Gasteiger partial charge in [0, 0.05) is 19.5 Å². The fourth-order valence-corrected chi connectivity index (χ4v) is 4.01. The zero-order valence-corrected chi connectivity index (χ0v) is 13.6. The van der Waals surface area contributed by atoms with Gasteiger partial charge in [0.2, 0.25) is 0 Å². The summed E-state index contributed by atoms with van der Waals surface area (Å²) in [6, 6.07) is 0. The fourth-order valence-electron chi connectivity index (χ4n) is 4.01. The number of aromatic nitrogens is 3. The number of nitrogens with zero attached hydrogens (tertiary/aromatic N) is 4. The van der Waals surface area contributed by atoms with E-state index in [-0.39, 0.29) is 0 Å². The lowest BCUT2D eigenvalue weighted by molar-refractivity contribution is 0.165. The zero-order valence-electron chi connectivity index (χ0n) is 13.6. The third-order valence-corrected chi connectivity index (χ3v) is 5.51. The highest BCUT2D eigenvalue weighted by Crippen LogP contribution is 2.33. The molecule has 4 nitrogen and oxygen atoms in total. The van der Waals surface area contributed by atoms with E-state index < -0.39 is 0 Å². The number of aryl methyl sites for hydroxylation is 1. The van der Waals surface area contributed by atoms with Crippen molar-refractivity contribution in [1.82, 2.24) is 19.7 Å². The van der Waals surface area contributed by atoms with Crippen LogP contribution in [0.25, 0.3) is 0 Å². The topological polar surface area (TPSA) is 34.0 Å². The molecule has 0 saturated carbocycles. The van der Waals surface area contributed by atoms with E-state index in [1.54, 1.807) is 5.57 Å². The van der Waals surface area contributed by atoms with Gasteiger partial charge in [-0.2, -0.15) is 0 Å². The monoisotopic (exact) mass is 288 g/mol. The number of allylic oxidation sites excluding steroid dienone is 1. The number of hydrogen-bond acceptors (Lipinski definition) is 3. The van der Waals surface area contributed by atoms with Crippen LogP contribution in [0.2, 0.25) is 0 Å². The van der Waals surface area contributed by atoms with Crippen LogP contribution >= 0.6 is 0 Å². The summed E-state index contributed by atoms with van der Waals surface area (Å²) in [5, 5.41) is 8.31. The van der Waals surface area contributed by atoms with Crippen molar-refractivity contribution in [2.24, 2.45) is 18.9 Å². The highest BCUT2D eigenvalue weighted by atomic mass is 15.3. The minimum Gasteiger partial charge on any atom is -0.320 e. The lowest BCUT2D eigenvalue weighted by atomic mass is 9.79. The molecule has 1 aromatic heterocycles. The Bertz CT molecular complexity index is 497. The molecule has 0 N–H and O–H groups in total. The quantitative estimate of drug-likeness (QED) is 0.802. The first-order valence-electron chi connectivity index (χ1n) is 8.38. The Morgan fingerprint density at radius 1 is 1.24 bits per heavy atom. The van der Waals surface area contributed by atoms with Crippen LogP contribution in [0.4, 0.5) is 0 Å². The van der Waals surface area contributed by atoms with Gasteiger partial charge < -0.3 is 9.47 Å². The Kier molecular flexibility index (Phi) is 4.43. The van der Waals surface area contributed by atoms with Crippen molar-refractivity contribution in [3.8, 4) is 0 Å². The highest BCUT2D eigenvalue weighted by molar-refractivity contribution is 5.09. The van der Waals surface area contributed by atoms with E-state index in [9.17, 15) is 0 Å². The van der Waals surface area contributed by atoms with Gasteiger partial charge in [0.25, 0.3) is 0 Å². The molecule has 0 unspecified atom stereocenters. The maximum atomic E-state index is 4.29. The summed E-state index contributed by atoms with van der Waals surface area (Å²) in [5.74, 6) is 3.36. The van der Waals surface area contributed by atoms with Gasteiger partial charge in [0.05, 0.1) is 0 Å². The fraction of sp³-hybridized carbons (Fsp3) is 0.765. The van der Waals surface area contributed by atoms with E-state index in [4.69, 9.17) is 0 Å². The summed E-state index contributed by atoms with van der Waals surface area (Å²) in [6.45, 7) is 8.40. The Balaban J connectivity index is 1.55. The Hall–Kier alpha value is -1.16. The molecule has 0 amide bonds. The molecule has 1 fully saturated rings. The number of rotatable bonds is 3. The summed E-state index contributed by atoms with van der Waals surface area (Å²) in [4.78, 5) is 2.66. The van der Waals surface area contributed by atoms with Gasteiger partial charge in [-0.15, -0.1) is 10.2 Å². The summed E-state index contributed by atoms with van der Waals surface area (Å²) in [6.07, 6.45) is 9.35. The summed E-state index contributed by atoms with van der Waals surface area (Å²) < 4.78 is 2.08. The van der Waals surface area contributed by atoms with Gasteiger partial charge in [-0.1, -0.05) is 18.6 Å². The third-order valence-electron chi connectivity index (χ3n) is 5.51. The smallest absolute Gasteiger partial charge is 0.135 e. The maximum Gasteiger partial charge on any atom is 0.135 e. The molecule has 116 valence electrons. The van der Waals surface area contributed by atoms with Crippen molar-refractivity contribution in [1.29, 1.82) is 0 Å². The first-order valence-corrected chi connectivity index (χ1v) is 8.38. The largest absolute Gasteiger partial charge is 0.320 e. The van der Waals surface area contributed by atoms with Crippen LogP contribution in [-0.2, 0) is 7.05 Å². The van der Waals surface area contributed by atoms with E-state index in [2.05, 4.69) is 46.6 Å². The lowest BCUT2D eigenvalue weighted by Crippen LogP contribution is -2.39. The van der Waals surface area contributed by atoms with Gasteiger partial charge >= 0.3 is 0 Å². The maximum absolute atomic E-state index is 4.29. The predicted molar refractivity (Wildman–Crippen MR) is 85.1 cm³/mol. The average molecular weight is 288 g/mol. The van der Waals surface area contributed by atoms with Gasteiger partial charge in [-0.05, 0) is 57.5 Å². The predicted octanol–water partition coefficient (Wildman–Crippen LogP) is 2.99. The van der Waals surface area contributed by atoms with Crippen molar-refractivity contribution >= 4 is 0 Å². The molecule has 1 saturated heterocycles. The molecule has 3 rings (SSSR count). The van der Waals surface area contributed by atoms with E-state index >= 15 is 0 Å². The second-order valence-corrected chi connectivity index (χ2v) is 6.98. The molecule has 0 aromatic carbocycles. The molecule has 0 radical (unpaired) electrons. The van der Waals surface area contributed by atoms with Gasteiger partial charge in [0.15, 0.2) is 0 Å². The molecule has 0 bridgehead atoms. The second-order valence-electron chi connectivity index (χ2n) is 6.98. The molecule has 1 aliphatic carbocycles. The lowest BCUT2D eigenvalue weighted by Gasteiger charge is -2.37. The van der Waals surface area contributed by atoms with Crippen LogP contribution in [-0.4, -0.2) is 39.3 Å². The van der Waals surface area contributed by atoms with Crippen LogP contribution in [0.1, 0.15) is 51.3 Å². The van der Waals surface area contributed by atoms with Gasteiger partial charge in [-0.25, -0.2) is 0 Å². The molecule has 1 aliphatic heterocycles. The number of hydrogen-bond donors (Lipinski definition) is 0. The molecule has 4 heteroatoms.